The smallest absolute Gasteiger partial charge is 0.319 e. The highest BCUT2D eigenvalue weighted by atomic mass is 16.8. The summed E-state index contributed by atoms with van der Waals surface area (Å²) in [5, 5.41) is 168. The van der Waals surface area contributed by atoms with E-state index in [2.05, 4.69) is 6.92 Å². The van der Waals surface area contributed by atoms with Crippen LogP contribution in [0.2, 0.25) is 0 Å². The molecule has 3 saturated carbocycles. The summed E-state index contributed by atoms with van der Waals surface area (Å²) < 4.78 is 77.5. The highest BCUT2D eigenvalue weighted by Gasteiger charge is 2.85. The van der Waals surface area contributed by atoms with Crippen molar-refractivity contribution in [2.24, 2.45) is 33.5 Å². The van der Waals surface area contributed by atoms with Gasteiger partial charge < -0.3 is 138 Å². The Balaban J connectivity index is 0.876. The van der Waals surface area contributed by atoms with Crippen molar-refractivity contribution in [3.8, 4) is 0 Å². The van der Waals surface area contributed by atoms with Gasteiger partial charge in [-0.3, -0.25) is 9.59 Å². The molecule has 10 aliphatic rings. The highest BCUT2D eigenvalue weighted by molar-refractivity contribution is 5.87. The average Bonchev–Trinajstić information content (AvgIpc) is 1.44. The molecule has 15 N–H and O–H groups in total. The molecule has 0 unspecified atom stereocenters. The number of carbonyl (C=O) groups is 2. The van der Waals surface area contributed by atoms with Crippen molar-refractivity contribution < 1.29 is 148 Å². The summed E-state index contributed by atoms with van der Waals surface area (Å²) in [7, 11) is 1.18. The molecule has 9 fully saturated rings. The van der Waals surface area contributed by atoms with E-state index < -0.39 is 236 Å². The van der Waals surface area contributed by atoms with Crippen molar-refractivity contribution in [3.05, 3.63) is 23.8 Å². The maximum Gasteiger partial charge on any atom is 0.319 e. The number of rotatable bonds is 18. The number of aliphatic hydroxyl groups excluding tert-OH is 14. The molecule has 30 nitrogen and oxygen atoms in total. The van der Waals surface area contributed by atoms with Crippen molar-refractivity contribution in [3.63, 3.8) is 0 Å². The largest absolute Gasteiger partial charge is 0.460 e. The van der Waals surface area contributed by atoms with Gasteiger partial charge in [0.05, 0.1) is 44.7 Å². The number of methoxy groups -OCH3 is 1. The van der Waals surface area contributed by atoms with E-state index in [-0.39, 0.29) is 24.7 Å². The zero-order chi connectivity index (χ0) is 67.5. The Labute approximate surface area is 532 Å². The third-order valence-corrected chi connectivity index (χ3v) is 22.7. The van der Waals surface area contributed by atoms with E-state index in [9.17, 15) is 86.2 Å². The number of hydrogen-bond donors (Lipinski definition) is 15. The molecule has 0 aromatic rings. The maximum absolute atomic E-state index is 14.7. The minimum Gasteiger partial charge on any atom is -0.460 e. The van der Waals surface area contributed by atoms with Crippen LogP contribution in [-0.4, -0.2) is 299 Å². The molecule has 526 valence electrons. The molecule has 6 saturated heterocycles. The fraction of sp³-hybridized carbons (Fsp3) is 0.903. The average molecular weight is 1320 g/mol. The number of allylic oxidation sites excluding steroid dienone is 1. The summed E-state index contributed by atoms with van der Waals surface area (Å²) in [6.07, 6.45) is -34.8. The lowest BCUT2D eigenvalue weighted by atomic mass is 9.40. The topological polar surface area (TPSA) is 458 Å². The summed E-state index contributed by atoms with van der Waals surface area (Å²) in [5.41, 5.74) is -7.36. The van der Waals surface area contributed by atoms with Crippen LogP contribution in [0.1, 0.15) is 107 Å². The molecule has 0 amide bonds. The van der Waals surface area contributed by atoms with Gasteiger partial charge in [0, 0.05) is 20.5 Å². The lowest BCUT2D eigenvalue weighted by molar-refractivity contribution is -0.394. The number of ether oxygens (including phenoxy) is 13. The fourth-order valence-electron chi connectivity index (χ4n) is 17.7. The normalized spacial score (nSPS) is 51.9. The van der Waals surface area contributed by atoms with Crippen LogP contribution in [0, 0.1) is 33.5 Å². The van der Waals surface area contributed by atoms with E-state index in [1.807, 2.05) is 20.8 Å². The van der Waals surface area contributed by atoms with Gasteiger partial charge in [0.1, 0.15) is 126 Å². The molecule has 1 spiro atoms. The molecular weight excluding hydrogens is 1220 g/mol. The zero-order valence-corrected chi connectivity index (χ0v) is 53.5. The van der Waals surface area contributed by atoms with E-state index in [0.29, 0.717) is 32.1 Å². The minimum atomic E-state index is -2.05. The van der Waals surface area contributed by atoms with Gasteiger partial charge in [0.2, 0.25) is 0 Å². The first-order chi connectivity index (χ1) is 43.1. The molecule has 0 aromatic carbocycles. The summed E-state index contributed by atoms with van der Waals surface area (Å²) in [6.45, 7) is 13.2. The van der Waals surface area contributed by atoms with E-state index in [0.717, 1.165) is 5.57 Å². The van der Waals surface area contributed by atoms with Crippen molar-refractivity contribution >= 4 is 11.9 Å². The van der Waals surface area contributed by atoms with Crippen molar-refractivity contribution in [1.82, 2.24) is 0 Å². The molecule has 6 aliphatic heterocycles. The first-order valence-electron chi connectivity index (χ1n) is 32.0. The van der Waals surface area contributed by atoms with Crippen LogP contribution in [0.15, 0.2) is 23.8 Å². The van der Waals surface area contributed by atoms with Gasteiger partial charge in [-0.15, -0.1) is 0 Å². The van der Waals surface area contributed by atoms with Gasteiger partial charge in [-0.1, -0.05) is 45.4 Å². The van der Waals surface area contributed by atoms with Crippen LogP contribution < -0.4 is 0 Å². The number of aliphatic hydroxyl groups is 15. The lowest BCUT2D eigenvalue weighted by Crippen LogP contribution is -2.68. The Morgan fingerprint density at radius 2 is 1.18 bits per heavy atom. The molecule has 4 aliphatic carbocycles. The van der Waals surface area contributed by atoms with Crippen LogP contribution in [0.25, 0.3) is 0 Å². The van der Waals surface area contributed by atoms with Gasteiger partial charge in [-0.25, -0.2) is 0 Å². The third kappa shape index (κ3) is 11.8. The Morgan fingerprint density at radius 3 is 1.79 bits per heavy atom. The van der Waals surface area contributed by atoms with Gasteiger partial charge in [0.15, 0.2) is 37.1 Å². The first-order valence-corrected chi connectivity index (χ1v) is 32.0. The Kier molecular flexibility index (Phi) is 20.8. The molecular formula is C62H98O30. The molecule has 92 heavy (non-hydrogen) atoms. The molecule has 33 atom stereocenters. The summed E-state index contributed by atoms with van der Waals surface area (Å²) in [5.74, 6) is -1.59. The van der Waals surface area contributed by atoms with Crippen molar-refractivity contribution in [2.45, 2.75) is 284 Å². The van der Waals surface area contributed by atoms with Crippen LogP contribution in [-0.2, 0) is 71.2 Å². The van der Waals surface area contributed by atoms with Crippen LogP contribution >= 0.6 is 0 Å². The zero-order valence-electron chi connectivity index (χ0n) is 53.5. The molecule has 30 heteroatoms. The predicted molar refractivity (Wildman–Crippen MR) is 307 cm³/mol. The summed E-state index contributed by atoms with van der Waals surface area (Å²) in [6, 6.07) is 0. The quantitative estimate of drug-likeness (QED) is 0.0354. The number of carbonyl (C=O) groups excluding carboxylic acids is 2. The lowest BCUT2D eigenvalue weighted by Gasteiger charge is -2.64. The molecule has 6 heterocycles. The number of hydrogen-bond acceptors (Lipinski definition) is 30. The standard InChI is InChI=1S/C62H98O30/c1-25-46(88-53-45(77)48(38(70)31(23-65)85-53)89-52-44(76)47(80-10)37(69)30(22-64)84-52)41(73)43(75)50(82-25)90-49-39(71)32(86-51-42(74)40(72)36(68)29(21-63)83-51)24-81-54(49)87-35-14-17-58(7)28-20-34(67)62-55(78)92-60(9,16-11-15-56(3,4)91-26(2)66)61(62,79)19-18-59(62,8)27(28)12-13-33(58)57(35,5)6/h11,16,20,25,27,29-54,63-65,67-77,79H,12-15,17-19,21-24H2,1-10H3/b16-11+/t25-,27+,29-,30-,31-,32-,33+,34+,35+,36-,37-,38-,39+,40+,41-,42-,43-,44-,45-,46-,47+,48+,49-,50+,51+,52+,53+,54+,58-,59+,60+,61+,62-/m1/s1. The monoisotopic (exact) mass is 1320 g/mol. The Bertz CT molecular complexity index is 2660. The van der Waals surface area contributed by atoms with Gasteiger partial charge >= 0.3 is 11.9 Å². The molecule has 0 aromatic heterocycles. The highest BCUT2D eigenvalue weighted by Crippen LogP contribution is 2.77. The number of esters is 2. The third-order valence-electron chi connectivity index (χ3n) is 22.7. The van der Waals surface area contributed by atoms with E-state index in [1.165, 1.54) is 21.0 Å². The summed E-state index contributed by atoms with van der Waals surface area (Å²) >= 11 is 0. The second-order valence-corrected chi connectivity index (χ2v) is 28.9. The second-order valence-electron chi connectivity index (χ2n) is 28.9. The van der Waals surface area contributed by atoms with E-state index in [1.54, 1.807) is 39.0 Å². The van der Waals surface area contributed by atoms with Crippen LogP contribution in [0.4, 0.5) is 0 Å². The fourth-order valence-corrected chi connectivity index (χ4v) is 17.7. The summed E-state index contributed by atoms with van der Waals surface area (Å²) in [4.78, 5) is 26.5. The van der Waals surface area contributed by atoms with Gasteiger partial charge in [-0.05, 0) is 100 Å². The van der Waals surface area contributed by atoms with Gasteiger partial charge in [-0.2, -0.15) is 0 Å². The SMILES string of the molecule is CO[C@@H]1[C@@H](O)[C@H](O[C@@H]2[C@@H](O)[C@H](O[C@H]3[C@H](O)[C@@H](O)[C@H](O[C@H]4[C@H](O[C@H]5CC[C@]6(C)C7=C[C@H](O)[C@]89C(=O)O[C@@](C)(/C=C/CC(C)(C)OC(C)=O)[C@@]8(O)CC[C@@]9(C)[C@H]7CC[C@H]6C5(C)C)OC[C@@H](O[C@@H]5O[C@H](CO)[C@@H](O)[C@H](O)[C@H]5O)[C@@H]4O)O[C@@H]3C)O[C@H](CO)[C@H]2O)O[C@H](CO)[C@H]1O. The predicted octanol–water partition coefficient (Wildman–Crippen LogP) is -3.94. The molecule has 0 radical (unpaired) electrons. The van der Waals surface area contributed by atoms with Crippen molar-refractivity contribution in [2.75, 3.05) is 33.5 Å². The second kappa shape index (κ2) is 26.6. The minimum absolute atomic E-state index is 0.148. The van der Waals surface area contributed by atoms with Crippen LogP contribution in [0.5, 0.6) is 0 Å². The van der Waals surface area contributed by atoms with Crippen molar-refractivity contribution in [1.29, 1.82) is 0 Å². The van der Waals surface area contributed by atoms with E-state index >= 15 is 0 Å². The Hall–Kier alpha value is -2.62. The van der Waals surface area contributed by atoms with Gasteiger partial charge in [0.25, 0.3) is 0 Å². The Morgan fingerprint density at radius 1 is 0.630 bits per heavy atom. The molecule has 0 bridgehead atoms. The molecule has 10 rings (SSSR count). The first kappa shape index (κ1) is 72.1. The number of fused-ring (bicyclic) bond motifs is 4. The van der Waals surface area contributed by atoms with E-state index in [4.69, 9.17) is 61.6 Å². The van der Waals surface area contributed by atoms with Crippen LogP contribution in [0.3, 0.4) is 0 Å². The maximum atomic E-state index is 14.7. The number of cyclic esters (lactones) is 1.